The number of furan rings is 1. The lowest BCUT2D eigenvalue weighted by atomic mass is 10.1. The summed E-state index contributed by atoms with van der Waals surface area (Å²) in [4.78, 5) is 0. The summed E-state index contributed by atoms with van der Waals surface area (Å²) < 4.78 is 6.04. The van der Waals surface area contributed by atoms with E-state index in [1.54, 1.807) is 18.6 Å². The molecule has 0 bridgehead atoms. The van der Waals surface area contributed by atoms with E-state index in [0.29, 0.717) is 0 Å². The van der Waals surface area contributed by atoms with Gasteiger partial charge in [-0.2, -0.15) is 0 Å². The molecule has 2 rings (SSSR count). The Morgan fingerprint density at radius 2 is 2.07 bits per heavy atom. The molecule has 0 spiro atoms. The molecule has 1 aromatic carbocycles. The Kier molecular flexibility index (Phi) is 2.88. The maximum atomic E-state index is 9.94. The molecule has 0 radical (unpaired) electrons. The van der Waals surface area contributed by atoms with Crippen LogP contribution in [0.4, 0.5) is 0 Å². The number of aliphatic hydroxyl groups is 1. The summed E-state index contributed by atoms with van der Waals surface area (Å²) in [6, 6.07) is 9.55. The van der Waals surface area contributed by atoms with Gasteiger partial charge in [0, 0.05) is 9.13 Å². The van der Waals surface area contributed by atoms with E-state index in [4.69, 9.17) is 4.42 Å². The zero-order valence-electron chi connectivity index (χ0n) is 7.35. The average Bonchev–Trinajstić information content (AvgIpc) is 2.69. The second-order valence-electron chi connectivity index (χ2n) is 3.01. The highest BCUT2D eigenvalue weighted by Crippen LogP contribution is 2.23. The van der Waals surface area contributed by atoms with Gasteiger partial charge >= 0.3 is 0 Å². The predicted octanol–water partition coefficient (Wildman–Crippen LogP) is 2.97. The Morgan fingerprint density at radius 3 is 2.71 bits per heavy atom. The van der Waals surface area contributed by atoms with Crippen molar-refractivity contribution in [2.75, 3.05) is 0 Å². The fourth-order valence-corrected chi connectivity index (χ4v) is 1.87. The van der Waals surface area contributed by atoms with E-state index in [-0.39, 0.29) is 0 Å². The van der Waals surface area contributed by atoms with Gasteiger partial charge in [-0.05, 0) is 46.4 Å². The molecule has 0 aliphatic carbocycles. The molecule has 1 atom stereocenters. The molecule has 2 nitrogen and oxygen atoms in total. The first-order valence-corrected chi connectivity index (χ1v) is 5.31. The molecule has 0 amide bonds. The molecule has 0 fully saturated rings. The highest BCUT2D eigenvalue weighted by atomic mass is 127. The summed E-state index contributed by atoms with van der Waals surface area (Å²) in [6.07, 6.45) is 2.53. The summed E-state index contributed by atoms with van der Waals surface area (Å²) in [6.45, 7) is 0. The highest BCUT2D eigenvalue weighted by Gasteiger charge is 2.11. The average molecular weight is 300 g/mol. The Morgan fingerprint density at radius 1 is 1.21 bits per heavy atom. The van der Waals surface area contributed by atoms with Gasteiger partial charge in [0.1, 0.15) is 6.10 Å². The lowest BCUT2D eigenvalue weighted by Gasteiger charge is -2.08. The van der Waals surface area contributed by atoms with Gasteiger partial charge in [-0.1, -0.05) is 12.1 Å². The van der Waals surface area contributed by atoms with Crippen LogP contribution in [0, 0.1) is 3.57 Å². The molecule has 2 aromatic rings. The summed E-state index contributed by atoms with van der Waals surface area (Å²) in [5.41, 5.74) is 1.67. The SMILES string of the molecule is OC(c1ccoc1)c1cccc(I)c1. The molecule has 0 saturated carbocycles. The smallest absolute Gasteiger partial charge is 0.107 e. The first kappa shape index (κ1) is 9.73. The first-order valence-electron chi connectivity index (χ1n) is 4.23. The van der Waals surface area contributed by atoms with Crippen molar-refractivity contribution < 1.29 is 9.52 Å². The topological polar surface area (TPSA) is 33.4 Å². The standard InChI is InChI=1S/C11H9IO2/c12-10-3-1-2-8(6-10)11(13)9-4-5-14-7-9/h1-7,11,13H. The van der Waals surface area contributed by atoms with Crippen LogP contribution >= 0.6 is 22.6 Å². The third-order valence-electron chi connectivity index (χ3n) is 2.02. The van der Waals surface area contributed by atoms with E-state index in [9.17, 15) is 5.11 Å². The maximum Gasteiger partial charge on any atom is 0.107 e. The van der Waals surface area contributed by atoms with Crippen LogP contribution < -0.4 is 0 Å². The molecule has 0 aliphatic rings. The van der Waals surface area contributed by atoms with Crippen LogP contribution in [0.25, 0.3) is 0 Å². The highest BCUT2D eigenvalue weighted by molar-refractivity contribution is 14.1. The van der Waals surface area contributed by atoms with Crippen molar-refractivity contribution in [2.45, 2.75) is 6.10 Å². The van der Waals surface area contributed by atoms with Crippen LogP contribution in [0.5, 0.6) is 0 Å². The third-order valence-corrected chi connectivity index (χ3v) is 2.69. The van der Waals surface area contributed by atoms with E-state index >= 15 is 0 Å². The van der Waals surface area contributed by atoms with Gasteiger partial charge in [-0.3, -0.25) is 0 Å². The molecule has 1 N–H and O–H groups in total. The van der Waals surface area contributed by atoms with E-state index in [2.05, 4.69) is 22.6 Å². The molecular weight excluding hydrogens is 291 g/mol. The van der Waals surface area contributed by atoms with Crippen molar-refractivity contribution in [1.82, 2.24) is 0 Å². The van der Waals surface area contributed by atoms with Crippen molar-refractivity contribution in [2.24, 2.45) is 0 Å². The molecule has 1 aromatic heterocycles. The Balaban J connectivity index is 2.32. The number of hydrogen-bond donors (Lipinski definition) is 1. The molecule has 0 aliphatic heterocycles. The molecule has 72 valence electrons. The van der Waals surface area contributed by atoms with Gasteiger partial charge in [0.15, 0.2) is 0 Å². The minimum atomic E-state index is -0.594. The van der Waals surface area contributed by atoms with Gasteiger partial charge in [-0.15, -0.1) is 0 Å². The van der Waals surface area contributed by atoms with Crippen LogP contribution in [0.15, 0.2) is 47.3 Å². The zero-order valence-corrected chi connectivity index (χ0v) is 9.51. The van der Waals surface area contributed by atoms with Crippen LogP contribution in [-0.4, -0.2) is 5.11 Å². The van der Waals surface area contributed by atoms with Gasteiger partial charge < -0.3 is 9.52 Å². The van der Waals surface area contributed by atoms with Crippen molar-refractivity contribution in [3.05, 3.63) is 57.6 Å². The monoisotopic (exact) mass is 300 g/mol. The fourth-order valence-electron chi connectivity index (χ4n) is 1.30. The van der Waals surface area contributed by atoms with Crippen LogP contribution in [0.3, 0.4) is 0 Å². The maximum absolute atomic E-state index is 9.94. The molecular formula is C11H9IO2. The molecule has 14 heavy (non-hydrogen) atoms. The summed E-state index contributed by atoms with van der Waals surface area (Å²) >= 11 is 2.22. The summed E-state index contributed by atoms with van der Waals surface area (Å²) in [5.74, 6) is 0. The van der Waals surface area contributed by atoms with E-state index in [1.165, 1.54) is 0 Å². The molecule has 1 unspecified atom stereocenters. The second-order valence-corrected chi connectivity index (χ2v) is 4.26. The van der Waals surface area contributed by atoms with Gasteiger partial charge in [-0.25, -0.2) is 0 Å². The van der Waals surface area contributed by atoms with E-state index in [1.807, 2.05) is 24.3 Å². The zero-order chi connectivity index (χ0) is 9.97. The third kappa shape index (κ3) is 1.99. The second kappa shape index (κ2) is 4.14. The van der Waals surface area contributed by atoms with E-state index in [0.717, 1.165) is 14.7 Å². The predicted molar refractivity (Wildman–Crippen MR) is 61.9 cm³/mol. The number of aliphatic hydroxyl groups excluding tert-OH is 1. The minimum absolute atomic E-state index is 0.594. The largest absolute Gasteiger partial charge is 0.472 e. The number of rotatable bonds is 2. The molecule has 0 saturated heterocycles. The summed E-state index contributed by atoms with van der Waals surface area (Å²) in [7, 11) is 0. The van der Waals surface area contributed by atoms with Crippen molar-refractivity contribution in [1.29, 1.82) is 0 Å². The van der Waals surface area contributed by atoms with Crippen molar-refractivity contribution >= 4 is 22.6 Å². The Labute approximate surface area is 95.7 Å². The van der Waals surface area contributed by atoms with Gasteiger partial charge in [0.25, 0.3) is 0 Å². The molecule has 1 heterocycles. The number of benzene rings is 1. The van der Waals surface area contributed by atoms with Gasteiger partial charge in [0.2, 0.25) is 0 Å². The Hall–Kier alpha value is -0.810. The van der Waals surface area contributed by atoms with Crippen LogP contribution in [0.1, 0.15) is 17.2 Å². The van der Waals surface area contributed by atoms with Crippen molar-refractivity contribution in [3.63, 3.8) is 0 Å². The van der Waals surface area contributed by atoms with Crippen LogP contribution in [0.2, 0.25) is 0 Å². The number of hydrogen-bond acceptors (Lipinski definition) is 2. The number of halogens is 1. The summed E-state index contributed by atoms with van der Waals surface area (Å²) in [5, 5.41) is 9.94. The molecule has 3 heteroatoms. The lowest BCUT2D eigenvalue weighted by molar-refractivity contribution is 0.219. The Bertz CT molecular complexity index is 409. The fraction of sp³-hybridized carbons (Fsp3) is 0.0909. The first-order chi connectivity index (χ1) is 6.77. The normalized spacial score (nSPS) is 12.7. The van der Waals surface area contributed by atoms with Gasteiger partial charge in [0.05, 0.1) is 12.5 Å². The van der Waals surface area contributed by atoms with Crippen LogP contribution in [-0.2, 0) is 0 Å². The lowest BCUT2D eigenvalue weighted by Crippen LogP contribution is -1.97. The van der Waals surface area contributed by atoms with E-state index < -0.39 is 6.10 Å². The van der Waals surface area contributed by atoms with Crippen molar-refractivity contribution in [3.8, 4) is 0 Å². The quantitative estimate of drug-likeness (QED) is 0.865. The minimum Gasteiger partial charge on any atom is -0.472 e.